The molecule has 140 valence electrons. The molecule has 3 aromatic rings. The van der Waals surface area contributed by atoms with Gasteiger partial charge in [0.25, 0.3) is 5.91 Å². The molecule has 7 nitrogen and oxygen atoms in total. The molecule has 0 saturated carbocycles. The number of nitrogens with one attached hydrogen (secondary N) is 1. The SMILES string of the molecule is CCc1cccc(OCC(=O)NC(C)c2nnnn2-c2cccc(Br)c2)c1. The monoisotopic (exact) mass is 429 g/mol. The molecular weight excluding hydrogens is 410 g/mol. The second kappa shape index (κ2) is 8.77. The third-order valence-electron chi connectivity index (χ3n) is 3.99. The summed E-state index contributed by atoms with van der Waals surface area (Å²) >= 11 is 3.43. The maximum absolute atomic E-state index is 12.3. The summed E-state index contributed by atoms with van der Waals surface area (Å²) in [4.78, 5) is 12.3. The standard InChI is InChI=1S/C19H20BrN5O2/c1-3-14-6-4-9-17(10-14)27-12-18(26)21-13(2)19-22-23-24-25(19)16-8-5-7-15(20)11-16/h4-11,13H,3,12H2,1-2H3,(H,21,26). The highest BCUT2D eigenvalue weighted by Gasteiger charge is 2.18. The van der Waals surface area contributed by atoms with Crippen LogP contribution in [0.3, 0.4) is 0 Å². The highest BCUT2D eigenvalue weighted by atomic mass is 79.9. The van der Waals surface area contributed by atoms with Crippen LogP contribution in [-0.2, 0) is 11.2 Å². The van der Waals surface area contributed by atoms with Crippen LogP contribution in [0.25, 0.3) is 5.69 Å². The summed E-state index contributed by atoms with van der Waals surface area (Å²) in [6.07, 6.45) is 0.915. The van der Waals surface area contributed by atoms with E-state index < -0.39 is 0 Å². The van der Waals surface area contributed by atoms with E-state index in [1.54, 1.807) is 4.68 Å². The minimum Gasteiger partial charge on any atom is -0.484 e. The highest BCUT2D eigenvalue weighted by Crippen LogP contribution is 2.18. The van der Waals surface area contributed by atoms with Gasteiger partial charge in [0.05, 0.1) is 11.7 Å². The Bertz CT molecular complexity index is 928. The summed E-state index contributed by atoms with van der Waals surface area (Å²) in [6.45, 7) is 3.83. The maximum atomic E-state index is 12.3. The number of aryl methyl sites for hydroxylation is 1. The Labute approximate surface area is 165 Å². The number of carbonyl (C=O) groups is 1. The zero-order valence-corrected chi connectivity index (χ0v) is 16.7. The molecule has 0 radical (unpaired) electrons. The van der Waals surface area contributed by atoms with E-state index in [0.717, 1.165) is 22.1 Å². The molecule has 2 aromatic carbocycles. The number of amides is 1. The third kappa shape index (κ3) is 4.91. The number of aromatic nitrogens is 4. The second-order valence-electron chi connectivity index (χ2n) is 6.01. The molecule has 0 aliphatic heterocycles. The smallest absolute Gasteiger partial charge is 0.258 e. The van der Waals surface area contributed by atoms with Crippen LogP contribution in [0, 0.1) is 0 Å². The average Bonchev–Trinajstić information content (AvgIpc) is 3.16. The van der Waals surface area contributed by atoms with E-state index in [0.29, 0.717) is 11.6 Å². The third-order valence-corrected chi connectivity index (χ3v) is 4.48. The van der Waals surface area contributed by atoms with Crippen molar-refractivity contribution in [2.24, 2.45) is 0 Å². The quantitative estimate of drug-likeness (QED) is 0.623. The summed E-state index contributed by atoms with van der Waals surface area (Å²) in [5.41, 5.74) is 1.97. The molecule has 1 unspecified atom stereocenters. The van der Waals surface area contributed by atoms with E-state index in [4.69, 9.17) is 4.74 Å². The summed E-state index contributed by atoms with van der Waals surface area (Å²) in [6, 6.07) is 14.9. The molecule has 8 heteroatoms. The van der Waals surface area contributed by atoms with Crippen molar-refractivity contribution < 1.29 is 9.53 Å². The Morgan fingerprint density at radius 1 is 1.26 bits per heavy atom. The van der Waals surface area contributed by atoms with Crippen molar-refractivity contribution in [3.05, 3.63) is 64.4 Å². The molecule has 0 fully saturated rings. The van der Waals surface area contributed by atoms with Gasteiger partial charge in [0.1, 0.15) is 5.75 Å². The summed E-state index contributed by atoms with van der Waals surface area (Å²) < 4.78 is 8.10. The lowest BCUT2D eigenvalue weighted by Crippen LogP contribution is -2.32. The normalized spacial score (nSPS) is 11.8. The molecule has 1 heterocycles. The van der Waals surface area contributed by atoms with Crippen LogP contribution in [0.1, 0.15) is 31.3 Å². The molecule has 0 aliphatic carbocycles. The van der Waals surface area contributed by atoms with Gasteiger partial charge in [-0.2, -0.15) is 4.68 Å². The van der Waals surface area contributed by atoms with E-state index in [1.165, 1.54) is 0 Å². The Morgan fingerprint density at radius 2 is 2.07 bits per heavy atom. The topological polar surface area (TPSA) is 81.9 Å². The lowest BCUT2D eigenvalue weighted by atomic mass is 10.2. The first kappa shape index (κ1) is 19.0. The van der Waals surface area contributed by atoms with Gasteiger partial charge in [-0.25, -0.2) is 0 Å². The summed E-state index contributed by atoms with van der Waals surface area (Å²) in [5.74, 6) is 0.971. The lowest BCUT2D eigenvalue weighted by molar-refractivity contribution is -0.123. The fourth-order valence-corrected chi connectivity index (χ4v) is 2.99. The molecule has 27 heavy (non-hydrogen) atoms. The zero-order chi connectivity index (χ0) is 19.2. The molecule has 3 rings (SSSR count). The zero-order valence-electron chi connectivity index (χ0n) is 15.1. The van der Waals surface area contributed by atoms with Gasteiger partial charge in [-0.15, -0.1) is 5.10 Å². The van der Waals surface area contributed by atoms with Gasteiger partial charge < -0.3 is 10.1 Å². The molecule has 1 aromatic heterocycles. The Balaban J connectivity index is 1.63. The van der Waals surface area contributed by atoms with E-state index in [9.17, 15) is 4.79 Å². The highest BCUT2D eigenvalue weighted by molar-refractivity contribution is 9.10. The first-order valence-electron chi connectivity index (χ1n) is 8.62. The van der Waals surface area contributed by atoms with Crippen LogP contribution >= 0.6 is 15.9 Å². The van der Waals surface area contributed by atoms with Crippen molar-refractivity contribution in [1.29, 1.82) is 0 Å². The maximum Gasteiger partial charge on any atom is 0.258 e. The molecule has 1 amide bonds. The molecule has 1 atom stereocenters. The van der Waals surface area contributed by atoms with Crippen molar-refractivity contribution in [3.63, 3.8) is 0 Å². The number of ether oxygens (including phenoxy) is 1. The summed E-state index contributed by atoms with van der Waals surface area (Å²) in [5, 5.41) is 14.7. The number of tetrazole rings is 1. The van der Waals surface area contributed by atoms with Crippen LogP contribution in [0.4, 0.5) is 0 Å². The van der Waals surface area contributed by atoms with E-state index in [1.807, 2.05) is 55.5 Å². The minimum absolute atomic E-state index is 0.0735. The van der Waals surface area contributed by atoms with Crippen LogP contribution in [0.2, 0.25) is 0 Å². The lowest BCUT2D eigenvalue weighted by Gasteiger charge is -2.14. The van der Waals surface area contributed by atoms with Crippen molar-refractivity contribution in [2.75, 3.05) is 6.61 Å². The number of hydrogen-bond acceptors (Lipinski definition) is 5. The summed E-state index contributed by atoms with van der Waals surface area (Å²) in [7, 11) is 0. The molecule has 0 bridgehead atoms. The van der Waals surface area contributed by atoms with Crippen molar-refractivity contribution in [2.45, 2.75) is 26.3 Å². The average molecular weight is 430 g/mol. The predicted molar refractivity (Wildman–Crippen MR) is 105 cm³/mol. The van der Waals surface area contributed by atoms with Gasteiger partial charge in [0.15, 0.2) is 12.4 Å². The fourth-order valence-electron chi connectivity index (χ4n) is 2.61. The predicted octanol–water partition coefficient (Wildman–Crippen LogP) is 3.24. The van der Waals surface area contributed by atoms with Gasteiger partial charge in [0, 0.05) is 4.47 Å². The van der Waals surface area contributed by atoms with Crippen LogP contribution in [-0.4, -0.2) is 32.7 Å². The first-order chi connectivity index (χ1) is 13.1. The van der Waals surface area contributed by atoms with Crippen LogP contribution in [0.15, 0.2) is 53.0 Å². The number of rotatable bonds is 7. The largest absolute Gasteiger partial charge is 0.484 e. The number of hydrogen-bond donors (Lipinski definition) is 1. The van der Waals surface area contributed by atoms with Gasteiger partial charge in [-0.1, -0.05) is 41.1 Å². The first-order valence-corrected chi connectivity index (χ1v) is 9.41. The molecule has 1 N–H and O–H groups in total. The molecule has 0 saturated heterocycles. The second-order valence-corrected chi connectivity index (χ2v) is 6.92. The Hall–Kier alpha value is -2.74. The van der Waals surface area contributed by atoms with E-state index in [2.05, 4.69) is 43.7 Å². The number of halogens is 1. The Kier molecular flexibility index (Phi) is 6.18. The van der Waals surface area contributed by atoms with Crippen LogP contribution in [0.5, 0.6) is 5.75 Å². The number of carbonyl (C=O) groups excluding carboxylic acids is 1. The van der Waals surface area contributed by atoms with E-state index >= 15 is 0 Å². The van der Waals surface area contributed by atoms with Crippen molar-refractivity contribution in [1.82, 2.24) is 25.5 Å². The molecular formula is C19H20BrN5O2. The number of benzene rings is 2. The molecule has 0 aliphatic rings. The molecule has 0 spiro atoms. The van der Waals surface area contributed by atoms with Gasteiger partial charge >= 0.3 is 0 Å². The Morgan fingerprint density at radius 3 is 2.85 bits per heavy atom. The van der Waals surface area contributed by atoms with Crippen molar-refractivity contribution >= 4 is 21.8 Å². The number of nitrogens with zero attached hydrogens (tertiary/aromatic N) is 4. The van der Waals surface area contributed by atoms with Gasteiger partial charge in [-0.05, 0) is 59.7 Å². The minimum atomic E-state index is -0.378. The van der Waals surface area contributed by atoms with Gasteiger partial charge in [0.2, 0.25) is 0 Å². The fraction of sp³-hybridized carbons (Fsp3) is 0.263. The van der Waals surface area contributed by atoms with Crippen LogP contribution < -0.4 is 10.1 Å². The van der Waals surface area contributed by atoms with Crippen molar-refractivity contribution in [3.8, 4) is 11.4 Å². The van der Waals surface area contributed by atoms with E-state index in [-0.39, 0.29) is 18.6 Å². The van der Waals surface area contributed by atoms with Gasteiger partial charge in [-0.3, -0.25) is 4.79 Å².